The number of carboxylic acids is 1. The number of thioether (sulfide) groups is 1. The van der Waals surface area contributed by atoms with Crippen molar-refractivity contribution in [1.82, 2.24) is 15.1 Å². The minimum absolute atomic E-state index is 0. The van der Waals surface area contributed by atoms with Gasteiger partial charge in [0.1, 0.15) is 23.4 Å². The molecule has 0 aromatic rings. The van der Waals surface area contributed by atoms with Gasteiger partial charge in [-0.2, -0.15) is 0 Å². The van der Waals surface area contributed by atoms with Gasteiger partial charge in [-0.15, -0.1) is 11.8 Å². The van der Waals surface area contributed by atoms with E-state index in [4.69, 9.17) is 4.74 Å². The first-order chi connectivity index (χ1) is 10.3. The fourth-order valence-corrected chi connectivity index (χ4v) is 3.86. The van der Waals surface area contributed by atoms with Gasteiger partial charge in [-0.3, -0.25) is 14.4 Å². The number of carbonyl (C=O) groups excluding carboxylic acids is 3. The average molecular weight is 355 g/mol. The van der Waals surface area contributed by atoms with Gasteiger partial charge in [0.05, 0.1) is 0 Å². The quantitative estimate of drug-likeness (QED) is 0.337. The normalized spacial score (nSPS) is 28.6. The third-order valence-electron chi connectivity index (χ3n) is 3.68. The summed E-state index contributed by atoms with van der Waals surface area (Å²) in [5.74, 6) is -1.26. The molecule has 3 atom stereocenters. The molecule has 2 saturated heterocycles. The summed E-state index contributed by atoms with van der Waals surface area (Å²) in [6.07, 6.45) is -0.179. The number of β-lactam (4-membered cyclic amide) rings is 1. The Morgan fingerprint density at radius 2 is 2.22 bits per heavy atom. The molecule has 124 valence electrons. The molecule has 0 radical (unpaired) electrons. The topological polar surface area (TPSA) is 116 Å². The van der Waals surface area contributed by atoms with Crippen LogP contribution in [0.5, 0.6) is 0 Å². The fourth-order valence-electron chi connectivity index (χ4n) is 2.33. The van der Waals surface area contributed by atoms with E-state index in [1.165, 1.54) is 35.7 Å². The van der Waals surface area contributed by atoms with Gasteiger partial charge in [0, 0.05) is 26.4 Å². The van der Waals surface area contributed by atoms with Crippen molar-refractivity contribution in [3.05, 3.63) is 0 Å². The molecular formula is C12H18N3NaO6S. The van der Waals surface area contributed by atoms with Crippen LogP contribution in [-0.2, 0) is 19.1 Å². The molecule has 23 heavy (non-hydrogen) atoms. The first kappa shape index (κ1) is 20.1. The van der Waals surface area contributed by atoms with Crippen molar-refractivity contribution in [3.8, 4) is 0 Å². The molecule has 0 saturated carbocycles. The van der Waals surface area contributed by atoms with Gasteiger partial charge in [-0.25, -0.2) is 4.79 Å². The van der Waals surface area contributed by atoms with Crippen LogP contribution in [-0.4, -0.2) is 113 Å². The Bertz CT molecular complexity index is 519. The molecule has 2 heterocycles. The summed E-state index contributed by atoms with van der Waals surface area (Å²) >= 11 is 1.26. The molecule has 11 heteroatoms. The zero-order valence-electron chi connectivity index (χ0n) is 12.1. The summed E-state index contributed by atoms with van der Waals surface area (Å²) in [6.45, 7) is -0.356. The van der Waals surface area contributed by atoms with Gasteiger partial charge < -0.3 is 25.0 Å². The second-order valence-electron chi connectivity index (χ2n) is 5.46. The number of rotatable bonds is 5. The SMILES string of the molecule is CN(C)C(=O)OCC1(C(=O)O)CS[C@@H]2C(NC=O)C(=O)N2C1.[NaH]. The second kappa shape index (κ2) is 7.73. The molecule has 0 spiro atoms. The van der Waals surface area contributed by atoms with Crippen LogP contribution in [0.25, 0.3) is 0 Å². The third-order valence-corrected chi connectivity index (χ3v) is 5.27. The van der Waals surface area contributed by atoms with Crippen LogP contribution in [0.1, 0.15) is 0 Å². The molecule has 0 aliphatic carbocycles. The van der Waals surface area contributed by atoms with Crippen LogP contribution in [0.3, 0.4) is 0 Å². The number of aliphatic carboxylic acids is 1. The van der Waals surface area contributed by atoms with Crippen molar-refractivity contribution in [2.75, 3.05) is 33.0 Å². The maximum atomic E-state index is 11.9. The number of ether oxygens (including phenoxy) is 1. The van der Waals surface area contributed by atoms with Crippen molar-refractivity contribution < 1.29 is 29.0 Å². The third kappa shape index (κ3) is 3.76. The Hall–Kier alpha value is -0.970. The predicted octanol–water partition coefficient (Wildman–Crippen LogP) is -1.86. The number of nitrogens with one attached hydrogen (secondary N) is 1. The number of carboxylic acid groups (broad SMARTS) is 1. The Morgan fingerprint density at radius 1 is 1.57 bits per heavy atom. The summed E-state index contributed by atoms with van der Waals surface area (Å²) in [4.78, 5) is 48.1. The van der Waals surface area contributed by atoms with Gasteiger partial charge in [0.25, 0.3) is 0 Å². The number of nitrogens with zero attached hydrogens (tertiary/aromatic N) is 2. The van der Waals surface area contributed by atoms with Crippen molar-refractivity contribution in [1.29, 1.82) is 0 Å². The van der Waals surface area contributed by atoms with E-state index in [9.17, 15) is 24.3 Å². The number of hydrogen-bond donors (Lipinski definition) is 2. The monoisotopic (exact) mass is 355 g/mol. The molecular weight excluding hydrogens is 337 g/mol. The molecule has 2 aliphatic rings. The van der Waals surface area contributed by atoms with Crippen molar-refractivity contribution in [3.63, 3.8) is 0 Å². The number of amides is 3. The van der Waals surface area contributed by atoms with Crippen LogP contribution in [0.2, 0.25) is 0 Å². The number of fused-ring (bicyclic) bond motifs is 1. The van der Waals surface area contributed by atoms with Crippen LogP contribution in [0.4, 0.5) is 4.79 Å². The Morgan fingerprint density at radius 3 is 2.74 bits per heavy atom. The molecule has 0 aromatic carbocycles. The molecule has 2 rings (SSSR count). The molecule has 2 unspecified atom stereocenters. The van der Waals surface area contributed by atoms with Gasteiger partial charge >= 0.3 is 41.6 Å². The van der Waals surface area contributed by atoms with E-state index in [-0.39, 0.29) is 59.7 Å². The zero-order valence-corrected chi connectivity index (χ0v) is 13.0. The maximum absolute atomic E-state index is 11.9. The summed E-state index contributed by atoms with van der Waals surface area (Å²) in [5.41, 5.74) is -1.34. The minimum atomic E-state index is -1.34. The summed E-state index contributed by atoms with van der Waals surface area (Å²) in [5, 5.41) is 11.6. The average Bonchev–Trinajstić information content (AvgIpc) is 2.49. The van der Waals surface area contributed by atoms with Gasteiger partial charge in [-0.1, -0.05) is 0 Å². The van der Waals surface area contributed by atoms with Gasteiger partial charge in [-0.05, 0) is 0 Å². The van der Waals surface area contributed by atoms with Crippen LogP contribution < -0.4 is 5.32 Å². The number of carbonyl (C=O) groups is 4. The van der Waals surface area contributed by atoms with Crippen molar-refractivity contribution in [2.24, 2.45) is 5.41 Å². The van der Waals surface area contributed by atoms with Gasteiger partial charge in [0.2, 0.25) is 12.3 Å². The second-order valence-corrected chi connectivity index (χ2v) is 6.57. The van der Waals surface area contributed by atoms with E-state index in [1.54, 1.807) is 0 Å². The fraction of sp³-hybridized carbons (Fsp3) is 0.667. The van der Waals surface area contributed by atoms with E-state index in [1.807, 2.05) is 0 Å². The van der Waals surface area contributed by atoms with E-state index in [2.05, 4.69) is 5.32 Å². The van der Waals surface area contributed by atoms with Crippen LogP contribution in [0, 0.1) is 5.41 Å². The Kier molecular flexibility index (Phi) is 6.75. The van der Waals surface area contributed by atoms with Crippen molar-refractivity contribution in [2.45, 2.75) is 11.4 Å². The summed E-state index contributed by atoms with van der Waals surface area (Å²) in [6, 6.07) is -0.612. The van der Waals surface area contributed by atoms with Crippen LogP contribution >= 0.6 is 11.8 Å². The van der Waals surface area contributed by atoms with Crippen LogP contribution in [0.15, 0.2) is 0 Å². The van der Waals surface area contributed by atoms with E-state index < -0.39 is 23.5 Å². The molecule has 3 amide bonds. The molecule has 0 bridgehead atoms. The standard InChI is InChI=1S/C12H17N3O6S.Na.H/c1-14(2)11(20)21-4-12(10(18)19)3-15-8(17)7(13-6-16)9(15)22-5-12;;/h6-7,9H,3-5H2,1-2H3,(H,13,16)(H,18,19);;/t7?,9-,12?;;/m1../s1. The molecule has 0 aromatic heterocycles. The molecule has 2 aliphatic heterocycles. The Labute approximate surface area is 159 Å². The van der Waals surface area contributed by atoms with Crippen molar-refractivity contribution >= 4 is 65.7 Å². The molecule has 2 fully saturated rings. The zero-order chi connectivity index (χ0) is 16.5. The van der Waals surface area contributed by atoms with Gasteiger partial charge in [0.15, 0.2) is 0 Å². The predicted molar refractivity (Wildman–Crippen MR) is 83.2 cm³/mol. The molecule has 9 nitrogen and oxygen atoms in total. The Balaban J connectivity index is 0.00000264. The molecule has 2 N–H and O–H groups in total. The van der Waals surface area contributed by atoms with E-state index in [0.717, 1.165) is 0 Å². The summed E-state index contributed by atoms with van der Waals surface area (Å²) in [7, 11) is 2.99. The van der Waals surface area contributed by atoms with E-state index >= 15 is 0 Å². The number of hydrogen-bond acceptors (Lipinski definition) is 6. The first-order valence-electron chi connectivity index (χ1n) is 6.51. The summed E-state index contributed by atoms with van der Waals surface area (Å²) < 4.78 is 5.01. The van der Waals surface area contributed by atoms with E-state index in [0.29, 0.717) is 6.41 Å². The first-order valence-corrected chi connectivity index (χ1v) is 7.56.